The summed E-state index contributed by atoms with van der Waals surface area (Å²) in [5, 5.41) is 8.22. The lowest BCUT2D eigenvalue weighted by Gasteiger charge is -2.03. The van der Waals surface area contributed by atoms with Gasteiger partial charge in [0.1, 0.15) is 5.76 Å². The van der Waals surface area contributed by atoms with Crippen LogP contribution >= 0.6 is 0 Å². The Labute approximate surface area is 58.6 Å². The molecule has 0 aromatic rings. The van der Waals surface area contributed by atoms with Gasteiger partial charge in [-0.25, -0.2) is 4.79 Å². The highest BCUT2D eigenvalue weighted by Gasteiger charge is 2.04. The number of carbonyl (C=O) groups is 1. The standard InChI is InChI=1S/C6H9NO3/c1-4(3-7)10-5(2)6(8)9/h1-3,7H2,(H,8,9). The fourth-order valence-electron chi connectivity index (χ4n) is 0.260. The molecule has 0 aliphatic heterocycles. The second-order valence-corrected chi connectivity index (χ2v) is 1.57. The summed E-state index contributed by atoms with van der Waals surface area (Å²) in [5.41, 5.74) is 5.06. The zero-order valence-corrected chi connectivity index (χ0v) is 5.46. The lowest BCUT2D eigenvalue weighted by atomic mass is 10.5. The number of carboxylic acid groups (broad SMARTS) is 1. The van der Waals surface area contributed by atoms with Gasteiger partial charge in [0.2, 0.25) is 5.76 Å². The molecular formula is C6H9NO3. The van der Waals surface area contributed by atoms with E-state index in [1.807, 2.05) is 0 Å². The quantitative estimate of drug-likeness (QED) is 0.431. The first-order valence-electron chi connectivity index (χ1n) is 2.55. The Morgan fingerprint density at radius 1 is 1.60 bits per heavy atom. The van der Waals surface area contributed by atoms with Crippen LogP contribution in [0.1, 0.15) is 0 Å². The van der Waals surface area contributed by atoms with Crippen molar-refractivity contribution in [3.63, 3.8) is 0 Å². The Kier molecular flexibility index (Phi) is 3.21. The van der Waals surface area contributed by atoms with Gasteiger partial charge in [-0.3, -0.25) is 0 Å². The van der Waals surface area contributed by atoms with Crippen LogP contribution in [0.3, 0.4) is 0 Å². The molecule has 0 rings (SSSR count). The van der Waals surface area contributed by atoms with E-state index in [0.717, 1.165) is 0 Å². The molecule has 0 aliphatic rings. The highest BCUT2D eigenvalue weighted by atomic mass is 16.5. The highest BCUT2D eigenvalue weighted by Crippen LogP contribution is 1.99. The number of rotatable bonds is 4. The average Bonchev–Trinajstić information content (AvgIpc) is 1.87. The predicted octanol–water partition coefficient (Wildman–Crippen LogP) is 0.0737. The smallest absolute Gasteiger partial charge is 0.371 e. The van der Waals surface area contributed by atoms with Crippen LogP contribution in [0.2, 0.25) is 0 Å². The molecule has 0 bridgehead atoms. The van der Waals surface area contributed by atoms with Crippen molar-refractivity contribution in [2.24, 2.45) is 5.73 Å². The number of hydrogen-bond donors (Lipinski definition) is 2. The molecule has 56 valence electrons. The molecule has 0 aromatic heterocycles. The minimum atomic E-state index is -1.21. The Hall–Kier alpha value is -1.29. The van der Waals surface area contributed by atoms with Crippen LogP contribution in [0, 0.1) is 0 Å². The first kappa shape index (κ1) is 8.71. The zero-order valence-electron chi connectivity index (χ0n) is 5.46. The molecule has 0 saturated carbocycles. The third kappa shape index (κ3) is 2.88. The Balaban J connectivity index is 3.80. The van der Waals surface area contributed by atoms with E-state index in [4.69, 9.17) is 10.8 Å². The predicted molar refractivity (Wildman–Crippen MR) is 36.1 cm³/mol. The van der Waals surface area contributed by atoms with Crippen molar-refractivity contribution in [2.45, 2.75) is 0 Å². The third-order valence-electron chi connectivity index (χ3n) is 0.734. The van der Waals surface area contributed by atoms with E-state index in [1.54, 1.807) is 0 Å². The number of hydrogen-bond acceptors (Lipinski definition) is 3. The molecule has 0 spiro atoms. The lowest BCUT2D eigenvalue weighted by Crippen LogP contribution is -2.09. The van der Waals surface area contributed by atoms with E-state index in [-0.39, 0.29) is 18.1 Å². The first-order chi connectivity index (χ1) is 4.57. The van der Waals surface area contributed by atoms with Gasteiger partial charge in [-0.15, -0.1) is 0 Å². The lowest BCUT2D eigenvalue weighted by molar-refractivity contribution is -0.135. The van der Waals surface area contributed by atoms with Crippen molar-refractivity contribution in [2.75, 3.05) is 6.54 Å². The second-order valence-electron chi connectivity index (χ2n) is 1.57. The molecule has 3 N–H and O–H groups in total. The monoisotopic (exact) mass is 143 g/mol. The summed E-state index contributed by atoms with van der Waals surface area (Å²) in [6.07, 6.45) is 0. The van der Waals surface area contributed by atoms with Crippen molar-refractivity contribution in [3.05, 3.63) is 24.7 Å². The van der Waals surface area contributed by atoms with Crippen molar-refractivity contribution < 1.29 is 14.6 Å². The second kappa shape index (κ2) is 3.68. The van der Waals surface area contributed by atoms with E-state index in [9.17, 15) is 4.79 Å². The van der Waals surface area contributed by atoms with Gasteiger partial charge in [0.15, 0.2) is 0 Å². The van der Waals surface area contributed by atoms with Gasteiger partial charge >= 0.3 is 5.97 Å². The van der Waals surface area contributed by atoms with Crippen molar-refractivity contribution in [1.82, 2.24) is 0 Å². The topological polar surface area (TPSA) is 72.5 Å². The molecule has 0 heterocycles. The zero-order chi connectivity index (χ0) is 8.15. The first-order valence-corrected chi connectivity index (χ1v) is 2.55. The molecule has 0 unspecified atom stereocenters. The van der Waals surface area contributed by atoms with Gasteiger partial charge in [0.25, 0.3) is 0 Å². The van der Waals surface area contributed by atoms with Gasteiger partial charge in [-0.05, 0) is 6.58 Å². The molecule has 0 atom stereocenters. The van der Waals surface area contributed by atoms with Crippen molar-refractivity contribution in [1.29, 1.82) is 0 Å². The molecule has 10 heavy (non-hydrogen) atoms. The highest BCUT2D eigenvalue weighted by molar-refractivity contribution is 5.83. The number of aliphatic carboxylic acids is 1. The van der Waals surface area contributed by atoms with Crippen LogP contribution in [0.4, 0.5) is 0 Å². The molecule has 4 nitrogen and oxygen atoms in total. The summed E-state index contributed by atoms with van der Waals surface area (Å²) >= 11 is 0. The van der Waals surface area contributed by atoms with E-state index < -0.39 is 5.97 Å². The summed E-state index contributed by atoms with van der Waals surface area (Å²) in [6.45, 7) is 6.52. The van der Waals surface area contributed by atoms with Crippen LogP contribution < -0.4 is 5.73 Å². The summed E-state index contributed by atoms with van der Waals surface area (Å²) in [7, 11) is 0. The Morgan fingerprint density at radius 2 is 2.10 bits per heavy atom. The maximum absolute atomic E-state index is 10.0. The number of carboxylic acids is 1. The van der Waals surface area contributed by atoms with Gasteiger partial charge in [-0.2, -0.15) is 0 Å². The molecule has 0 aromatic carbocycles. The van der Waals surface area contributed by atoms with Gasteiger partial charge in [0.05, 0.1) is 6.54 Å². The van der Waals surface area contributed by atoms with Gasteiger partial charge in [-0.1, -0.05) is 6.58 Å². The van der Waals surface area contributed by atoms with E-state index >= 15 is 0 Å². The summed E-state index contributed by atoms with van der Waals surface area (Å²) in [5.74, 6) is -1.39. The van der Waals surface area contributed by atoms with Crippen LogP contribution in [0.15, 0.2) is 24.7 Å². The van der Waals surface area contributed by atoms with Crippen molar-refractivity contribution in [3.8, 4) is 0 Å². The van der Waals surface area contributed by atoms with Crippen LogP contribution in [-0.2, 0) is 9.53 Å². The maximum Gasteiger partial charge on any atom is 0.371 e. The summed E-state index contributed by atoms with van der Waals surface area (Å²) in [4.78, 5) is 10.0. The number of ether oxygens (including phenoxy) is 1. The maximum atomic E-state index is 10.0. The largest absolute Gasteiger partial charge is 0.475 e. The summed E-state index contributed by atoms with van der Waals surface area (Å²) < 4.78 is 4.55. The number of nitrogens with two attached hydrogens (primary N) is 1. The Bertz CT molecular complexity index is 174. The van der Waals surface area contributed by atoms with E-state index in [0.29, 0.717) is 0 Å². The van der Waals surface area contributed by atoms with Gasteiger partial charge in [0, 0.05) is 0 Å². The SMILES string of the molecule is C=C(CN)OC(=C)C(=O)O. The fourth-order valence-corrected chi connectivity index (χ4v) is 0.260. The van der Waals surface area contributed by atoms with Crippen LogP contribution in [-0.4, -0.2) is 17.6 Å². The van der Waals surface area contributed by atoms with Crippen LogP contribution in [0.5, 0.6) is 0 Å². The molecule has 0 aliphatic carbocycles. The third-order valence-corrected chi connectivity index (χ3v) is 0.734. The molecule has 0 saturated heterocycles. The fraction of sp³-hybridized carbons (Fsp3) is 0.167. The normalized spacial score (nSPS) is 8.50. The van der Waals surface area contributed by atoms with Gasteiger partial charge < -0.3 is 15.6 Å². The summed E-state index contributed by atoms with van der Waals surface area (Å²) in [6, 6.07) is 0. The van der Waals surface area contributed by atoms with E-state index in [1.165, 1.54) is 0 Å². The minimum Gasteiger partial charge on any atom is -0.475 e. The molecule has 4 heteroatoms. The van der Waals surface area contributed by atoms with Crippen molar-refractivity contribution >= 4 is 5.97 Å². The molecule has 0 amide bonds. The molecular weight excluding hydrogens is 134 g/mol. The van der Waals surface area contributed by atoms with Crippen LogP contribution in [0.25, 0.3) is 0 Å². The van der Waals surface area contributed by atoms with E-state index in [2.05, 4.69) is 17.9 Å². The Morgan fingerprint density at radius 3 is 2.40 bits per heavy atom. The molecule has 0 radical (unpaired) electrons. The average molecular weight is 143 g/mol. The molecule has 0 fully saturated rings. The minimum absolute atomic E-state index is 0.0896.